The van der Waals surface area contributed by atoms with Crippen LogP contribution in [0.3, 0.4) is 0 Å². The van der Waals surface area contributed by atoms with E-state index in [9.17, 15) is 27.9 Å². The van der Waals surface area contributed by atoms with Crippen LogP contribution in [0, 0.1) is 5.41 Å². The molecule has 0 aliphatic carbocycles. The highest BCUT2D eigenvalue weighted by Crippen LogP contribution is 2.33. The summed E-state index contributed by atoms with van der Waals surface area (Å²) in [6, 6.07) is 2.56. The molecule has 0 spiro atoms. The number of hydrogen-bond acceptors (Lipinski definition) is 4. The van der Waals surface area contributed by atoms with Crippen LogP contribution in [-0.2, 0) is 15.7 Å². The minimum Gasteiger partial charge on any atom is -0.489 e. The Morgan fingerprint density at radius 1 is 1.33 bits per heavy atom. The van der Waals surface area contributed by atoms with Crippen molar-refractivity contribution in [2.45, 2.75) is 19.0 Å². The lowest BCUT2D eigenvalue weighted by molar-refractivity contribution is -0.154. The number of hydrogen-bond donors (Lipinski definition) is 2. The molecule has 0 atom stereocenters. The maximum atomic E-state index is 13.0. The van der Waals surface area contributed by atoms with Crippen molar-refractivity contribution in [3.05, 3.63) is 42.0 Å². The van der Waals surface area contributed by atoms with Gasteiger partial charge in [0.1, 0.15) is 12.4 Å². The monoisotopic (exact) mass is 387 g/mol. The zero-order valence-electron chi connectivity index (χ0n) is 14.5. The molecule has 1 saturated heterocycles. The fraction of sp³-hybridized carbons (Fsp3) is 0.444. The van der Waals surface area contributed by atoms with Gasteiger partial charge in [-0.25, -0.2) is 0 Å². The second kappa shape index (κ2) is 8.43. The summed E-state index contributed by atoms with van der Waals surface area (Å²) in [6.45, 7) is 3.70. The second-order valence-corrected chi connectivity index (χ2v) is 6.19. The van der Waals surface area contributed by atoms with Crippen LogP contribution in [0.1, 0.15) is 28.8 Å². The molecule has 2 N–H and O–H groups in total. The van der Waals surface area contributed by atoms with Gasteiger partial charge in [-0.1, -0.05) is 12.7 Å². The molecule has 1 aliphatic heterocycles. The average Bonchev–Trinajstić information content (AvgIpc) is 2.64. The number of alkyl halides is 3. The molecule has 6 nitrogen and oxygen atoms in total. The average molecular weight is 387 g/mol. The predicted octanol–water partition coefficient (Wildman–Crippen LogP) is 2.88. The Kier molecular flexibility index (Phi) is 6.48. The fourth-order valence-electron chi connectivity index (χ4n) is 2.73. The number of carboxylic acids is 1. The van der Waals surface area contributed by atoms with Gasteiger partial charge in [0, 0.05) is 19.8 Å². The fourth-order valence-corrected chi connectivity index (χ4v) is 2.73. The Morgan fingerprint density at radius 3 is 2.56 bits per heavy atom. The Balaban J connectivity index is 2.24. The van der Waals surface area contributed by atoms with E-state index >= 15 is 0 Å². The van der Waals surface area contributed by atoms with Crippen molar-refractivity contribution in [1.29, 1.82) is 0 Å². The Bertz CT molecular complexity index is 711. The van der Waals surface area contributed by atoms with Gasteiger partial charge in [0.05, 0.1) is 16.5 Å². The summed E-state index contributed by atoms with van der Waals surface area (Å²) in [4.78, 5) is 24.1. The first kappa shape index (κ1) is 20.8. The molecule has 0 bridgehead atoms. The van der Waals surface area contributed by atoms with E-state index in [2.05, 4.69) is 11.9 Å². The van der Waals surface area contributed by atoms with E-state index in [1.165, 1.54) is 6.08 Å². The van der Waals surface area contributed by atoms with Crippen LogP contribution < -0.4 is 10.1 Å². The molecule has 0 aromatic heterocycles. The standard InChI is InChI=1S/C18H20F3NO5/c1-2-7-27-14-4-3-12(18(19,20)21)10-13(14)15(23)22-11-17(16(24)25)5-8-26-9-6-17/h2-4,10H,1,5-9,11H2,(H,22,23)(H,24,25). The van der Waals surface area contributed by atoms with Crippen molar-refractivity contribution in [2.24, 2.45) is 5.41 Å². The van der Waals surface area contributed by atoms with Crippen LogP contribution in [0.25, 0.3) is 0 Å². The number of halogens is 3. The lowest BCUT2D eigenvalue weighted by Gasteiger charge is -2.33. The summed E-state index contributed by atoms with van der Waals surface area (Å²) in [6.07, 6.45) is -2.84. The summed E-state index contributed by atoms with van der Waals surface area (Å²) < 4.78 is 49.3. The summed E-state index contributed by atoms with van der Waals surface area (Å²) >= 11 is 0. The molecular weight excluding hydrogens is 367 g/mol. The van der Waals surface area contributed by atoms with E-state index < -0.39 is 29.0 Å². The number of nitrogens with one attached hydrogen (secondary N) is 1. The first-order valence-corrected chi connectivity index (χ1v) is 8.24. The lowest BCUT2D eigenvalue weighted by Crippen LogP contribution is -2.46. The summed E-state index contributed by atoms with van der Waals surface area (Å²) in [7, 11) is 0. The maximum absolute atomic E-state index is 13.0. The van der Waals surface area contributed by atoms with Crippen molar-refractivity contribution in [2.75, 3.05) is 26.4 Å². The molecule has 0 unspecified atom stereocenters. The SMILES string of the molecule is C=CCOc1ccc(C(F)(F)F)cc1C(=O)NCC1(C(=O)O)CCOCC1. The maximum Gasteiger partial charge on any atom is 0.416 e. The minimum absolute atomic E-state index is 0.00203. The molecule has 1 aromatic carbocycles. The van der Waals surface area contributed by atoms with Crippen LogP contribution in [0.4, 0.5) is 13.2 Å². The van der Waals surface area contributed by atoms with Crippen LogP contribution >= 0.6 is 0 Å². The van der Waals surface area contributed by atoms with Gasteiger partial charge in [-0.3, -0.25) is 9.59 Å². The summed E-state index contributed by atoms with van der Waals surface area (Å²) in [5.41, 5.74) is -2.53. The molecule has 1 aliphatic rings. The highest BCUT2D eigenvalue weighted by atomic mass is 19.4. The topological polar surface area (TPSA) is 84.9 Å². The van der Waals surface area contributed by atoms with Gasteiger partial charge in [-0.2, -0.15) is 13.2 Å². The Morgan fingerprint density at radius 2 is 2.00 bits per heavy atom. The quantitative estimate of drug-likeness (QED) is 0.703. The van der Waals surface area contributed by atoms with E-state index in [-0.39, 0.29) is 50.5 Å². The number of carboxylic acid groups (broad SMARTS) is 1. The third-order valence-electron chi connectivity index (χ3n) is 4.40. The van der Waals surface area contributed by atoms with Crippen molar-refractivity contribution >= 4 is 11.9 Å². The molecule has 148 valence electrons. The Hall–Kier alpha value is -2.55. The van der Waals surface area contributed by atoms with Gasteiger partial charge in [0.2, 0.25) is 0 Å². The molecule has 27 heavy (non-hydrogen) atoms. The molecule has 1 aromatic rings. The van der Waals surface area contributed by atoms with Crippen molar-refractivity contribution in [3.8, 4) is 5.75 Å². The number of ether oxygens (including phenoxy) is 2. The van der Waals surface area contributed by atoms with Gasteiger partial charge in [0.25, 0.3) is 5.91 Å². The number of carbonyl (C=O) groups excluding carboxylic acids is 1. The third kappa shape index (κ3) is 5.00. The smallest absolute Gasteiger partial charge is 0.416 e. The Labute approximate surface area is 154 Å². The van der Waals surface area contributed by atoms with Crippen LogP contribution in [0.2, 0.25) is 0 Å². The van der Waals surface area contributed by atoms with E-state index in [0.717, 1.165) is 12.1 Å². The van der Waals surface area contributed by atoms with Crippen molar-refractivity contribution in [3.63, 3.8) is 0 Å². The zero-order chi connectivity index (χ0) is 20.1. The summed E-state index contributed by atoms with van der Waals surface area (Å²) in [5, 5.41) is 11.9. The molecular formula is C18H20F3NO5. The van der Waals surface area contributed by atoms with Crippen molar-refractivity contribution in [1.82, 2.24) is 5.32 Å². The molecule has 1 fully saturated rings. The first-order chi connectivity index (χ1) is 12.7. The van der Waals surface area contributed by atoms with Crippen LogP contribution in [0.15, 0.2) is 30.9 Å². The van der Waals surface area contributed by atoms with E-state index in [0.29, 0.717) is 6.07 Å². The highest BCUT2D eigenvalue weighted by Gasteiger charge is 2.41. The van der Waals surface area contributed by atoms with Gasteiger partial charge in [-0.15, -0.1) is 0 Å². The molecule has 2 rings (SSSR count). The zero-order valence-corrected chi connectivity index (χ0v) is 14.5. The first-order valence-electron chi connectivity index (χ1n) is 8.24. The summed E-state index contributed by atoms with van der Waals surface area (Å²) in [5.74, 6) is -1.97. The number of aliphatic carboxylic acids is 1. The van der Waals surface area contributed by atoms with E-state index in [1.807, 2.05) is 0 Å². The van der Waals surface area contributed by atoms with Gasteiger partial charge in [0.15, 0.2) is 0 Å². The largest absolute Gasteiger partial charge is 0.489 e. The van der Waals surface area contributed by atoms with Gasteiger partial charge >= 0.3 is 12.1 Å². The number of rotatable bonds is 7. The minimum atomic E-state index is -4.63. The molecule has 0 radical (unpaired) electrons. The molecule has 1 heterocycles. The third-order valence-corrected chi connectivity index (χ3v) is 4.40. The van der Waals surface area contributed by atoms with Crippen molar-refractivity contribution < 1.29 is 37.3 Å². The highest BCUT2D eigenvalue weighted by molar-refractivity contribution is 5.97. The number of benzene rings is 1. The number of amides is 1. The number of carbonyl (C=O) groups is 2. The predicted molar refractivity (Wildman–Crippen MR) is 89.6 cm³/mol. The molecule has 9 heteroatoms. The van der Waals surface area contributed by atoms with Crippen LogP contribution in [-0.4, -0.2) is 43.3 Å². The molecule has 0 saturated carbocycles. The lowest BCUT2D eigenvalue weighted by atomic mass is 9.80. The van der Waals surface area contributed by atoms with E-state index in [4.69, 9.17) is 9.47 Å². The second-order valence-electron chi connectivity index (χ2n) is 6.19. The van der Waals surface area contributed by atoms with Crippen LogP contribution in [0.5, 0.6) is 5.75 Å². The van der Waals surface area contributed by atoms with Gasteiger partial charge in [-0.05, 0) is 31.0 Å². The van der Waals surface area contributed by atoms with E-state index in [1.54, 1.807) is 0 Å². The molecule has 1 amide bonds. The van der Waals surface area contributed by atoms with Gasteiger partial charge < -0.3 is 19.9 Å². The normalized spacial score (nSPS) is 16.4.